The van der Waals surface area contributed by atoms with Crippen molar-refractivity contribution in [3.05, 3.63) is 46.5 Å². The van der Waals surface area contributed by atoms with Crippen molar-refractivity contribution in [3.8, 4) is 23.0 Å². The van der Waals surface area contributed by atoms with Gasteiger partial charge in [-0.1, -0.05) is 11.6 Å². The zero-order valence-corrected chi connectivity index (χ0v) is 15.6. The molecule has 146 valence electrons. The van der Waals surface area contributed by atoms with Crippen LogP contribution in [0.25, 0.3) is 0 Å². The molecule has 2 aliphatic rings. The number of carbonyl (C=O) groups excluding carboxylic acids is 2. The van der Waals surface area contributed by atoms with Crippen LogP contribution in [0.1, 0.15) is 27.1 Å². The number of halogens is 1. The Morgan fingerprint density at radius 2 is 1.57 bits per heavy atom. The number of carbonyl (C=O) groups is 2. The van der Waals surface area contributed by atoms with E-state index in [1.54, 1.807) is 18.2 Å². The minimum atomic E-state index is -0.679. The molecule has 8 heteroatoms. The summed E-state index contributed by atoms with van der Waals surface area (Å²) in [5.74, 6) is 0.840. The summed E-state index contributed by atoms with van der Waals surface area (Å²) >= 11 is 6.13. The minimum Gasteiger partial charge on any atom is -0.490 e. The molecule has 0 atom stereocenters. The number of Topliss-reactive ketones (excluding diaryl/α,β-unsaturated/α-hetero) is 1. The average molecular weight is 405 g/mol. The van der Waals surface area contributed by atoms with Crippen molar-refractivity contribution < 1.29 is 33.3 Å². The molecule has 0 saturated heterocycles. The third-order valence-corrected chi connectivity index (χ3v) is 4.52. The summed E-state index contributed by atoms with van der Waals surface area (Å²) < 4.78 is 27.1. The van der Waals surface area contributed by atoms with Crippen LogP contribution in [0.2, 0.25) is 5.02 Å². The quantitative estimate of drug-likeness (QED) is 0.571. The summed E-state index contributed by atoms with van der Waals surface area (Å²) in [4.78, 5) is 24.7. The van der Waals surface area contributed by atoms with Crippen LogP contribution >= 0.6 is 11.6 Å². The highest BCUT2D eigenvalue weighted by molar-refractivity contribution is 6.32. The molecular formula is C20H17ClO7. The van der Waals surface area contributed by atoms with Gasteiger partial charge >= 0.3 is 5.97 Å². The van der Waals surface area contributed by atoms with Crippen molar-refractivity contribution in [1.29, 1.82) is 0 Å². The van der Waals surface area contributed by atoms with Gasteiger partial charge in [0.1, 0.15) is 13.2 Å². The highest BCUT2D eigenvalue weighted by atomic mass is 35.5. The van der Waals surface area contributed by atoms with Gasteiger partial charge < -0.3 is 23.7 Å². The molecule has 2 aromatic carbocycles. The zero-order valence-electron chi connectivity index (χ0n) is 14.9. The molecule has 2 aromatic rings. The van der Waals surface area contributed by atoms with Crippen LogP contribution < -0.4 is 18.9 Å². The van der Waals surface area contributed by atoms with Gasteiger partial charge in [0.05, 0.1) is 23.8 Å². The van der Waals surface area contributed by atoms with Gasteiger partial charge in [0.15, 0.2) is 35.4 Å². The number of ether oxygens (including phenoxy) is 5. The van der Waals surface area contributed by atoms with Gasteiger partial charge in [0, 0.05) is 12.0 Å². The number of fused-ring (bicyclic) bond motifs is 2. The van der Waals surface area contributed by atoms with E-state index in [9.17, 15) is 9.59 Å². The van der Waals surface area contributed by atoms with Gasteiger partial charge in [0.2, 0.25) is 0 Å². The highest BCUT2D eigenvalue weighted by Gasteiger charge is 2.21. The van der Waals surface area contributed by atoms with E-state index in [2.05, 4.69) is 0 Å². The van der Waals surface area contributed by atoms with Crippen molar-refractivity contribution in [3.63, 3.8) is 0 Å². The molecule has 0 saturated carbocycles. The molecule has 0 N–H and O–H groups in total. The SMILES string of the molecule is O=C(COC(=O)c1cc(Cl)c2c(c1)OCCO2)c1ccc2c(c1)OCCCO2. The molecule has 28 heavy (non-hydrogen) atoms. The smallest absolute Gasteiger partial charge is 0.338 e. The highest BCUT2D eigenvalue weighted by Crippen LogP contribution is 2.38. The summed E-state index contributed by atoms with van der Waals surface area (Å²) in [6.07, 6.45) is 0.771. The summed E-state index contributed by atoms with van der Waals surface area (Å²) in [7, 11) is 0. The van der Waals surface area contributed by atoms with Gasteiger partial charge in [-0.25, -0.2) is 4.79 Å². The van der Waals surface area contributed by atoms with E-state index < -0.39 is 12.6 Å². The number of hydrogen-bond acceptors (Lipinski definition) is 7. The van der Waals surface area contributed by atoms with E-state index in [4.69, 9.17) is 35.3 Å². The summed E-state index contributed by atoms with van der Waals surface area (Å²) in [6.45, 7) is 1.43. The average Bonchev–Trinajstić information content (AvgIpc) is 2.96. The van der Waals surface area contributed by atoms with Crippen LogP contribution in [0.15, 0.2) is 30.3 Å². The fraction of sp³-hybridized carbons (Fsp3) is 0.300. The van der Waals surface area contributed by atoms with E-state index in [1.165, 1.54) is 12.1 Å². The maximum atomic E-state index is 12.4. The van der Waals surface area contributed by atoms with Crippen LogP contribution in [0.3, 0.4) is 0 Å². The maximum absolute atomic E-state index is 12.4. The molecular weight excluding hydrogens is 388 g/mol. The Bertz CT molecular complexity index is 925. The molecule has 7 nitrogen and oxygen atoms in total. The molecule has 0 amide bonds. The number of ketones is 1. The minimum absolute atomic E-state index is 0.181. The molecule has 0 radical (unpaired) electrons. The maximum Gasteiger partial charge on any atom is 0.338 e. The molecule has 0 bridgehead atoms. The Morgan fingerprint density at radius 3 is 2.43 bits per heavy atom. The number of esters is 1. The fourth-order valence-corrected chi connectivity index (χ4v) is 3.13. The topological polar surface area (TPSA) is 80.3 Å². The molecule has 2 heterocycles. The molecule has 0 aliphatic carbocycles. The molecule has 0 aromatic heterocycles. The first-order valence-corrected chi connectivity index (χ1v) is 9.19. The van der Waals surface area contributed by atoms with Crippen molar-refractivity contribution in [2.45, 2.75) is 6.42 Å². The predicted molar refractivity (Wildman–Crippen MR) is 99.1 cm³/mol. The van der Waals surface area contributed by atoms with Crippen LogP contribution in [0.4, 0.5) is 0 Å². The second-order valence-corrected chi connectivity index (χ2v) is 6.60. The summed E-state index contributed by atoms with van der Waals surface area (Å²) in [5.41, 5.74) is 0.554. The van der Waals surface area contributed by atoms with E-state index in [1.807, 2.05) is 0 Å². The van der Waals surface area contributed by atoms with Crippen LogP contribution in [-0.2, 0) is 4.74 Å². The molecule has 0 spiro atoms. The van der Waals surface area contributed by atoms with Crippen molar-refractivity contribution in [2.75, 3.05) is 33.0 Å². The lowest BCUT2D eigenvalue weighted by Gasteiger charge is -2.19. The number of rotatable bonds is 4. The first kappa shape index (κ1) is 18.4. The predicted octanol–water partition coefficient (Wildman–Crippen LogP) is 3.31. The first-order valence-electron chi connectivity index (χ1n) is 8.81. The Labute approximate surface area is 166 Å². The zero-order chi connectivity index (χ0) is 19.5. The third-order valence-electron chi connectivity index (χ3n) is 4.24. The van der Waals surface area contributed by atoms with Gasteiger partial charge in [-0.2, -0.15) is 0 Å². The Kier molecular flexibility index (Phi) is 5.25. The van der Waals surface area contributed by atoms with E-state index in [-0.39, 0.29) is 16.4 Å². The second-order valence-electron chi connectivity index (χ2n) is 6.19. The summed E-state index contributed by atoms with van der Waals surface area (Å²) in [5, 5.41) is 0.248. The van der Waals surface area contributed by atoms with E-state index in [0.717, 1.165) is 6.42 Å². The fourth-order valence-electron chi connectivity index (χ4n) is 2.86. The second kappa shape index (κ2) is 7.98. The van der Waals surface area contributed by atoms with Crippen LogP contribution in [-0.4, -0.2) is 44.8 Å². The van der Waals surface area contributed by atoms with Gasteiger partial charge in [-0.15, -0.1) is 0 Å². The van der Waals surface area contributed by atoms with Crippen LogP contribution in [0, 0.1) is 0 Å². The van der Waals surface area contributed by atoms with Gasteiger partial charge in [0.25, 0.3) is 0 Å². The summed E-state index contributed by atoms with van der Waals surface area (Å²) in [6, 6.07) is 7.80. The Hall–Kier alpha value is -2.93. The lowest BCUT2D eigenvalue weighted by molar-refractivity contribution is 0.0474. The lowest BCUT2D eigenvalue weighted by Crippen LogP contribution is -2.17. The van der Waals surface area contributed by atoms with E-state index >= 15 is 0 Å². The van der Waals surface area contributed by atoms with Crippen molar-refractivity contribution >= 4 is 23.4 Å². The molecule has 0 unspecified atom stereocenters. The van der Waals surface area contributed by atoms with Crippen LogP contribution in [0.5, 0.6) is 23.0 Å². The number of hydrogen-bond donors (Lipinski definition) is 0. The normalized spacial score (nSPS) is 14.8. The largest absolute Gasteiger partial charge is 0.490 e. The van der Waals surface area contributed by atoms with Gasteiger partial charge in [-0.05, 0) is 30.3 Å². The Balaban J connectivity index is 1.43. The Morgan fingerprint density at radius 1 is 0.857 bits per heavy atom. The van der Waals surface area contributed by atoms with Crippen molar-refractivity contribution in [2.24, 2.45) is 0 Å². The van der Waals surface area contributed by atoms with E-state index in [0.29, 0.717) is 55.0 Å². The van der Waals surface area contributed by atoms with Crippen molar-refractivity contribution in [1.82, 2.24) is 0 Å². The molecule has 2 aliphatic heterocycles. The molecule has 4 rings (SSSR count). The standard InChI is InChI=1S/C20H17ClO7/c21-14-8-13(10-18-19(14)27-7-6-26-18)20(23)28-11-15(22)12-2-3-16-17(9-12)25-5-1-4-24-16/h2-3,8-10H,1,4-7,11H2. The third kappa shape index (κ3) is 3.84. The van der Waals surface area contributed by atoms with Gasteiger partial charge in [-0.3, -0.25) is 4.79 Å². The lowest BCUT2D eigenvalue weighted by atomic mass is 10.1. The first-order chi connectivity index (χ1) is 13.6. The monoisotopic (exact) mass is 404 g/mol. The molecule has 0 fully saturated rings. The number of benzene rings is 2.